The lowest BCUT2D eigenvalue weighted by Crippen LogP contribution is -2.31. The van der Waals surface area contributed by atoms with Gasteiger partial charge in [0.2, 0.25) is 5.91 Å². The van der Waals surface area contributed by atoms with Gasteiger partial charge in [0, 0.05) is 12.5 Å². The number of carbonyl (C=O) groups is 2. The van der Waals surface area contributed by atoms with Crippen LogP contribution in [0, 0.1) is 5.92 Å². The molecule has 1 unspecified atom stereocenters. The molecule has 0 radical (unpaired) electrons. The van der Waals surface area contributed by atoms with Crippen LogP contribution < -0.4 is 16.8 Å². The minimum atomic E-state index is -0.547. The van der Waals surface area contributed by atoms with Crippen LogP contribution in [0.4, 0.5) is 5.00 Å². The van der Waals surface area contributed by atoms with Crippen molar-refractivity contribution >= 4 is 28.2 Å². The standard InChI is InChI=1S/C11H17N3O2S/c1-6(2)8(12)5-9(15)14-11-7(10(13)16)3-4-17-11/h3-4,6,8H,5,12H2,1-2H3,(H2,13,16)(H,14,15). The molecule has 1 atom stereocenters. The van der Waals surface area contributed by atoms with Crippen molar-refractivity contribution < 1.29 is 9.59 Å². The number of rotatable bonds is 5. The second kappa shape index (κ2) is 5.79. The number of amides is 2. The molecule has 1 aromatic rings. The molecule has 17 heavy (non-hydrogen) atoms. The molecule has 0 bridgehead atoms. The highest BCUT2D eigenvalue weighted by atomic mass is 32.1. The topological polar surface area (TPSA) is 98.2 Å². The molecule has 5 N–H and O–H groups in total. The van der Waals surface area contributed by atoms with Crippen LogP contribution in [0.25, 0.3) is 0 Å². The van der Waals surface area contributed by atoms with Gasteiger partial charge in [0.1, 0.15) is 5.00 Å². The Morgan fingerprint density at radius 1 is 1.47 bits per heavy atom. The van der Waals surface area contributed by atoms with E-state index in [4.69, 9.17) is 11.5 Å². The summed E-state index contributed by atoms with van der Waals surface area (Å²) in [4.78, 5) is 22.7. The number of nitrogens with two attached hydrogens (primary N) is 2. The van der Waals surface area contributed by atoms with E-state index in [9.17, 15) is 9.59 Å². The molecule has 94 valence electrons. The zero-order chi connectivity index (χ0) is 13.0. The summed E-state index contributed by atoms with van der Waals surface area (Å²) in [5.74, 6) is -0.509. The number of carbonyl (C=O) groups excluding carboxylic acids is 2. The Kier molecular flexibility index (Phi) is 4.65. The second-order valence-electron chi connectivity index (χ2n) is 4.19. The van der Waals surface area contributed by atoms with Gasteiger partial charge in [-0.25, -0.2) is 0 Å². The van der Waals surface area contributed by atoms with Gasteiger partial charge in [-0.05, 0) is 17.4 Å². The fourth-order valence-corrected chi connectivity index (χ4v) is 2.04. The Morgan fingerprint density at radius 3 is 2.65 bits per heavy atom. The normalized spacial score (nSPS) is 12.5. The van der Waals surface area contributed by atoms with Crippen LogP contribution in [0.3, 0.4) is 0 Å². The summed E-state index contributed by atoms with van der Waals surface area (Å²) < 4.78 is 0. The van der Waals surface area contributed by atoms with Crippen LogP contribution in [0.5, 0.6) is 0 Å². The lowest BCUT2D eigenvalue weighted by Gasteiger charge is -2.14. The predicted octanol–water partition coefficient (Wildman–Crippen LogP) is 1.16. The first-order valence-corrected chi connectivity index (χ1v) is 6.22. The van der Waals surface area contributed by atoms with Crippen molar-refractivity contribution in [2.75, 3.05) is 5.32 Å². The van der Waals surface area contributed by atoms with E-state index >= 15 is 0 Å². The molecule has 2 amide bonds. The molecule has 0 aliphatic heterocycles. The Hall–Kier alpha value is -1.40. The van der Waals surface area contributed by atoms with E-state index in [1.807, 2.05) is 13.8 Å². The highest BCUT2D eigenvalue weighted by Gasteiger charge is 2.16. The van der Waals surface area contributed by atoms with Gasteiger partial charge in [0.05, 0.1) is 5.56 Å². The van der Waals surface area contributed by atoms with Crippen LogP contribution in [0.2, 0.25) is 0 Å². The van der Waals surface area contributed by atoms with Crippen molar-refractivity contribution in [3.8, 4) is 0 Å². The summed E-state index contributed by atoms with van der Waals surface area (Å²) in [5.41, 5.74) is 11.3. The van der Waals surface area contributed by atoms with Crippen LogP contribution in [-0.2, 0) is 4.79 Å². The fraction of sp³-hybridized carbons (Fsp3) is 0.455. The molecular formula is C11H17N3O2S. The first-order valence-electron chi connectivity index (χ1n) is 5.34. The van der Waals surface area contributed by atoms with Gasteiger partial charge in [-0.1, -0.05) is 13.8 Å². The minimum Gasteiger partial charge on any atom is -0.366 e. The van der Waals surface area contributed by atoms with E-state index in [2.05, 4.69) is 5.32 Å². The first kappa shape index (κ1) is 13.7. The van der Waals surface area contributed by atoms with Crippen molar-refractivity contribution in [1.82, 2.24) is 0 Å². The van der Waals surface area contributed by atoms with E-state index in [-0.39, 0.29) is 24.3 Å². The molecule has 0 aromatic carbocycles. The molecule has 0 saturated carbocycles. The summed E-state index contributed by atoms with van der Waals surface area (Å²) in [6.07, 6.45) is 0.230. The van der Waals surface area contributed by atoms with Gasteiger partial charge in [-0.3, -0.25) is 9.59 Å². The highest BCUT2D eigenvalue weighted by molar-refractivity contribution is 7.14. The Balaban J connectivity index is 2.62. The summed E-state index contributed by atoms with van der Waals surface area (Å²) >= 11 is 1.27. The zero-order valence-corrected chi connectivity index (χ0v) is 10.7. The monoisotopic (exact) mass is 255 g/mol. The van der Waals surface area contributed by atoms with Crippen LogP contribution in [0.1, 0.15) is 30.6 Å². The molecule has 1 aromatic heterocycles. The Labute approximate surface area is 104 Å². The lowest BCUT2D eigenvalue weighted by atomic mass is 10.0. The molecule has 0 saturated heterocycles. The first-order chi connectivity index (χ1) is 7.91. The predicted molar refractivity (Wildman–Crippen MR) is 68.9 cm³/mol. The van der Waals surface area contributed by atoms with E-state index in [1.54, 1.807) is 11.4 Å². The largest absolute Gasteiger partial charge is 0.366 e. The quantitative estimate of drug-likeness (QED) is 0.736. The van der Waals surface area contributed by atoms with Crippen LogP contribution in [0.15, 0.2) is 11.4 Å². The third kappa shape index (κ3) is 3.83. The maximum Gasteiger partial charge on any atom is 0.251 e. The summed E-state index contributed by atoms with van der Waals surface area (Å²) in [7, 11) is 0. The molecular weight excluding hydrogens is 238 g/mol. The van der Waals surface area contributed by atoms with Crippen molar-refractivity contribution in [2.24, 2.45) is 17.4 Å². The Morgan fingerprint density at radius 2 is 2.12 bits per heavy atom. The van der Waals surface area contributed by atoms with E-state index < -0.39 is 5.91 Å². The number of primary amides is 1. The molecule has 0 fully saturated rings. The maximum absolute atomic E-state index is 11.7. The van der Waals surface area contributed by atoms with Crippen molar-refractivity contribution in [3.05, 3.63) is 17.0 Å². The van der Waals surface area contributed by atoms with E-state index in [0.717, 1.165) is 0 Å². The highest BCUT2D eigenvalue weighted by Crippen LogP contribution is 2.23. The maximum atomic E-state index is 11.7. The summed E-state index contributed by atoms with van der Waals surface area (Å²) in [6.45, 7) is 3.91. The van der Waals surface area contributed by atoms with Gasteiger partial charge in [-0.2, -0.15) is 0 Å². The van der Waals surface area contributed by atoms with Crippen LogP contribution in [-0.4, -0.2) is 17.9 Å². The van der Waals surface area contributed by atoms with Gasteiger partial charge < -0.3 is 16.8 Å². The number of hydrogen-bond acceptors (Lipinski definition) is 4. The third-order valence-electron chi connectivity index (χ3n) is 2.46. The second-order valence-corrected chi connectivity index (χ2v) is 5.10. The van der Waals surface area contributed by atoms with Gasteiger partial charge in [-0.15, -0.1) is 11.3 Å². The molecule has 1 rings (SSSR count). The van der Waals surface area contributed by atoms with E-state index in [0.29, 0.717) is 10.6 Å². The zero-order valence-electron chi connectivity index (χ0n) is 9.90. The molecule has 0 aliphatic rings. The minimum absolute atomic E-state index is 0.188. The van der Waals surface area contributed by atoms with Crippen molar-refractivity contribution in [2.45, 2.75) is 26.3 Å². The van der Waals surface area contributed by atoms with Gasteiger partial charge >= 0.3 is 0 Å². The molecule has 0 aliphatic carbocycles. The smallest absolute Gasteiger partial charge is 0.251 e. The molecule has 5 nitrogen and oxygen atoms in total. The average molecular weight is 255 g/mol. The number of nitrogens with one attached hydrogen (secondary N) is 1. The summed E-state index contributed by atoms with van der Waals surface area (Å²) in [5, 5.41) is 4.85. The SMILES string of the molecule is CC(C)C(N)CC(=O)Nc1sccc1C(N)=O. The number of thiophene rings is 1. The van der Waals surface area contributed by atoms with Gasteiger partial charge in [0.15, 0.2) is 0 Å². The lowest BCUT2D eigenvalue weighted by molar-refractivity contribution is -0.116. The van der Waals surface area contributed by atoms with E-state index in [1.165, 1.54) is 11.3 Å². The molecule has 0 spiro atoms. The van der Waals surface area contributed by atoms with Gasteiger partial charge in [0.25, 0.3) is 5.91 Å². The summed E-state index contributed by atoms with van der Waals surface area (Å²) in [6, 6.07) is 1.40. The third-order valence-corrected chi connectivity index (χ3v) is 3.29. The average Bonchev–Trinajstić information content (AvgIpc) is 2.65. The Bertz CT molecular complexity index is 415. The van der Waals surface area contributed by atoms with Crippen molar-refractivity contribution in [3.63, 3.8) is 0 Å². The molecule has 6 heteroatoms. The molecule has 1 heterocycles. The van der Waals surface area contributed by atoms with Crippen molar-refractivity contribution in [1.29, 1.82) is 0 Å². The number of hydrogen-bond donors (Lipinski definition) is 3. The van der Waals surface area contributed by atoms with Crippen LogP contribution >= 0.6 is 11.3 Å². The fourth-order valence-electron chi connectivity index (χ4n) is 1.23. The number of anilines is 1.